The molecule has 0 spiro atoms. The van der Waals surface area contributed by atoms with E-state index in [1.54, 1.807) is 0 Å². The van der Waals surface area contributed by atoms with Gasteiger partial charge in [0.25, 0.3) is 0 Å². The van der Waals surface area contributed by atoms with Gasteiger partial charge in [-0.05, 0) is 0 Å². The van der Waals surface area contributed by atoms with Crippen LogP contribution in [0.2, 0.25) is 0 Å². The van der Waals surface area contributed by atoms with Crippen molar-refractivity contribution in [2.75, 3.05) is 0 Å². The summed E-state index contributed by atoms with van der Waals surface area (Å²) in [6, 6.07) is 14.2. The Morgan fingerprint density at radius 3 is 2.56 bits per heavy atom. The number of hydrogen-bond donors (Lipinski definition) is 0. The van der Waals surface area contributed by atoms with E-state index in [1.807, 2.05) is 18.2 Å². The summed E-state index contributed by atoms with van der Waals surface area (Å²) in [5, 5.41) is 0. The summed E-state index contributed by atoms with van der Waals surface area (Å²) in [7, 11) is 0. The molecule has 0 unspecified atom stereocenters. The van der Waals surface area contributed by atoms with Crippen LogP contribution in [0, 0.1) is 0 Å². The van der Waals surface area contributed by atoms with E-state index in [2.05, 4.69) is 24.3 Å². The molecule has 0 aromatic heterocycles. The number of fused-ring (bicyclic) bond motifs is 2. The summed E-state index contributed by atoms with van der Waals surface area (Å²) in [5.41, 5.74) is 4.28. The van der Waals surface area contributed by atoms with Crippen LogP contribution in [0.3, 0.4) is 0 Å². The van der Waals surface area contributed by atoms with Crippen LogP contribution < -0.4 is 0.0314 Å². The monoisotopic (exact) mass is 332 g/mol. The molecule has 0 amide bonds. The molecule has 0 heterocycles. The van der Waals surface area contributed by atoms with E-state index in [1.165, 1.54) is 11.2 Å². The normalized spacial score (nSPS) is 13.1. The van der Waals surface area contributed by atoms with Crippen molar-refractivity contribution in [1.82, 2.24) is 0 Å². The van der Waals surface area contributed by atoms with Crippen molar-refractivity contribution in [3.8, 4) is 0 Å². The molecule has 0 radical (unpaired) electrons. The number of ketones is 1. The second-order valence-corrected chi connectivity index (χ2v) is 7.66. The van der Waals surface area contributed by atoms with E-state index in [0.29, 0.717) is 0 Å². The SMILES string of the molecule is O=C1c2ccccc2Cc2ccc[c]([BaH])c21. The van der Waals surface area contributed by atoms with Gasteiger partial charge >= 0.3 is 128 Å². The summed E-state index contributed by atoms with van der Waals surface area (Å²) < 4.78 is 1.30. The average molecular weight is 332 g/mol. The van der Waals surface area contributed by atoms with Crippen molar-refractivity contribution in [1.29, 1.82) is 0 Å². The zero-order valence-corrected chi connectivity index (χ0v) is 15.4. The van der Waals surface area contributed by atoms with Gasteiger partial charge in [-0.15, -0.1) is 0 Å². The van der Waals surface area contributed by atoms with Crippen molar-refractivity contribution in [3.63, 3.8) is 0 Å². The van der Waals surface area contributed by atoms with Crippen LogP contribution in [0.1, 0.15) is 27.0 Å². The molecule has 2 aromatic rings. The molecule has 0 bridgehead atoms. The predicted molar refractivity (Wildman–Crippen MR) is 65.9 cm³/mol. The number of rotatable bonds is 0. The second-order valence-electron chi connectivity index (χ2n) is 4.27. The van der Waals surface area contributed by atoms with Gasteiger partial charge in [0.15, 0.2) is 0 Å². The van der Waals surface area contributed by atoms with E-state index in [9.17, 15) is 4.79 Å². The Balaban J connectivity index is 2.27. The topological polar surface area (TPSA) is 17.1 Å². The maximum atomic E-state index is 12.4. The fraction of sp³-hybridized carbons (Fsp3) is 0.0714. The predicted octanol–water partition coefficient (Wildman–Crippen LogP) is 1.35. The van der Waals surface area contributed by atoms with Gasteiger partial charge < -0.3 is 0 Å². The molecule has 0 N–H and O–H groups in total. The molecule has 1 aliphatic carbocycles. The second kappa shape index (κ2) is 4.17. The average Bonchev–Trinajstić information content (AvgIpc) is 2.29. The third-order valence-corrected chi connectivity index (χ3v) is 5.85. The molecule has 3 rings (SSSR count). The van der Waals surface area contributed by atoms with E-state index in [0.717, 1.165) is 17.5 Å². The minimum atomic E-state index is 0.231. The molecule has 2 aromatic carbocycles. The van der Waals surface area contributed by atoms with Crippen molar-refractivity contribution in [2.45, 2.75) is 6.42 Å². The molecular weight excluding hydrogens is 321 g/mol. The first kappa shape index (κ1) is 10.8. The van der Waals surface area contributed by atoms with E-state index in [4.69, 9.17) is 0 Å². The summed E-state index contributed by atoms with van der Waals surface area (Å²) in [5.74, 6) is 0.231. The van der Waals surface area contributed by atoms with Crippen LogP contribution >= 0.6 is 0 Å². The summed E-state index contributed by atoms with van der Waals surface area (Å²) in [6.07, 6.45) is 0.909. The summed E-state index contributed by atoms with van der Waals surface area (Å²) in [4.78, 5) is 12.4. The molecule has 1 nitrogen and oxygen atoms in total. The first-order chi connectivity index (χ1) is 7.77. The van der Waals surface area contributed by atoms with Gasteiger partial charge in [0.05, 0.1) is 0 Å². The molecule has 1 aliphatic rings. The first-order valence-corrected chi connectivity index (χ1v) is 8.62. The van der Waals surface area contributed by atoms with Crippen LogP contribution in [-0.2, 0) is 6.42 Å². The third-order valence-electron chi connectivity index (χ3n) is 3.23. The molecule has 2 heteroatoms. The van der Waals surface area contributed by atoms with Crippen molar-refractivity contribution < 1.29 is 4.79 Å². The number of carbonyl (C=O) groups is 1. The van der Waals surface area contributed by atoms with Crippen LogP contribution in [0.15, 0.2) is 42.5 Å². The Kier molecular flexibility index (Phi) is 2.82. The van der Waals surface area contributed by atoms with E-state index < -0.39 is 0 Å². The van der Waals surface area contributed by atoms with Crippen LogP contribution in [-0.4, -0.2) is 52.3 Å². The summed E-state index contributed by atoms with van der Waals surface area (Å²) >= 11 is 0.288. The van der Waals surface area contributed by atoms with Gasteiger partial charge in [-0.25, -0.2) is 0 Å². The van der Waals surface area contributed by atoms with Crippen molar-refractivity contribution in [3.05, 3.63) is 64.7 Å². The van der Waals surface area contributed by atoms with E-state index in [-0.39, 0.29) is 52.3 Å². The zero-order chi connectivity index (χ0) is 11.1. The molecule has 74 valence electrons. The number of hydrogen-bond acceptors (Lipinski definition) is 1. The molecule has 0 aliphatic heterocycles. The van der Waals surface area contributed by atoms with Gasteiger partial charge in [0.1, 0.15) is 0 Å². The van der Waals surface area contributed by atoms with Crippen molar-refractivity contribution in [2.24, 2.45) is 0 Å². The Morgan fingerprint density at radius 1 is 0.938 bits per heavy atom. The molecule has 0 saturated heterocycles. The zero-order valence-electron chi connectivity index (χ0n) is 9.16. The Hall–Kier alpha value is -0.319. The Morgan fingerprint density at radius 2 is 1.69 bits per heavy atom. The Bertz CT molecular complexity index is 587. The minimum absolute atomic E-state index is 0.231. The number of carbonyl (C=O) groups excluding carboxylic acids is 1. The summed E-state index contributed by atoms with van der Waals surface area (Å²) in [6.45, 7) is 0. The van der Waals surface area contributed by atoms with Gasteiger partial charge in [0.2, 0.25) is 0 Å². The van der Waals surface area contributed by atoms with Crippen LogP contribution in [0.5, 0.6) is 0 Å². The standard InChI is InChI=1S/C14H9O.Ba.H/c15-14-12-7-3-1-5-10(12)9-11-6-2-4-8-13(11)14;;/h1-7H,9H2;;. The maximum absolute atomic E-state index is 12.4. The van der Waals surface area contributed by atoms with Gasteiger partial charge in [0, 0.05) is 0 Å². The van der Waals surface area contributed by atoms with Gasteiger partial charge in [-0.2, -0.15) is 0 Å². The van der Waals surface area contributed by atoms with Crippen LogP contribution in [0.4, 0.5) is 0 Å². The first-order valence-electron chi connectivity index (χ1n) is 5.48. The van der Waals surface area contributed by atoms with Crippen LogP contribution in [0.25, 0.3) is 0 Å². The fourth-order valence-electron chi connectivity index (χ4n) is 2.44. The van der Waals surface area contributed by atoms with Crippen molar-refractivity contribution >= 4 is 52.3 Å². The Labute approximate surface area is 127 Å². The molecule has 0 saturated carbocycles. The molecular formula is C14H10BaO. The van der Waals surface area contributed by atoms with Gasteiger partial charge in [-0.3, -0.25) is 0 Å². The molecule has 16 heavy (non-hydrogen) atoms. The van der Waals surface area contributed by atoms with E-state index >= 15 is 0 Å². The molecule has 0 fully saturated rings. The quantitative estimate of drug-likeness (QED) is 0.568. The third kappa shape index (κ3) is 1.64. The fourth-order valence-corrected chi connectivity index (χ4v) is 4.76. The number of benzene rings is 2. The molecule has 0 atom stereocenters. The van der Waals surface area contributed by atoms with Gasteiger partial charge in [-0.1, -0.05) is 0 Å².